The van der Waals surface area contributed by atoms with Crippen LogP contribution in [0.3, 0.4) is 0 Å². The van der Waals surface area contributed by atoms with Gasteiger partial charge in [0, 0.05) is 20.2 Å². The predicted octanol–water partition coefficient (Wildman–Crippen LogP) is 1.55. The Bertz CT molecular complexity index is 170. The molecule has 0 fully saturated rings. The number of hydrogen-bond acceptors (Lipinski definition) is 1. The first-order valence-electron chi connectivity index (χ1n) is 3.12. The maximum absolute atomic E-state index is 10.6. The van der Waals surface area contributed by atoms with Crippen molar-refractivity contribution >= 4 is 5.91 Å². The molecule has 0 aliphatic carbocycles. The van der Waals surface area contributed by atoms with Crippen LogP contribution >= 0.6 is 0 Å². The third kappa shape index (κ3) is 3.07. The zero-order chi connectivity index (χ0) is 8.15. The summed E-state index contributed by atoms with van der Waals surface area (Å²) >= 11 is 0. The summed E-state index contributed by atoms with van der Waals surface area (Å²) in [5.41, 5.74) is 0.984. The lowest BCUT2D eigenvalue weighted by molar-refractivity contribution is -0.125. The Hall–Kier alpha value is -1.05. The van der Waals surface area contributed by atoms with Gasteiger partial charge in [-0.25, -0.2) is 0 Å². The van der Waals surface area contributed by atoms with Crippen molar-refractivity contribution in [3.63, 3.8) is 0 Å². The second kappa shape index (κ2) is 3.88. The Balaban J connectivity index is 4.11. The Labute approximate surface area is 61.8 Å². The number of nitrogens with zero attached hydrogens (tertiary/aromatic N) is 1. The van der Waals surface area contributed by atoms with E-state index in [1.54, 1.807) is 19.3 Å². The van der Waals surface area contributed by atoms with E-state index in [0.717, 1.165) is 5.57 Å². The summed E-state index contributed by atoms with van der Waals surface area (Å²) in [6.07, 6.45) is 3.45. The van der Waals surface area contributed by atoms with Crippen molar-refractivity contribution in [3.05, 3.63) is 24.4 Å². The summed E-state index contributed by atoms with van der Waals surface area (Å²) in [6.45, 7) is 6.98. The smallest absolute Gasteiger partial charge is 0.223 e. The molecule has 0 N–H and O–H groups in total. The highest BCUT2D eigenvalue weighted by atomic mass is 16.2. The first-order valence-corrected chi connectivity index (χ1v) is 3.12. The van der Waals surface area contributed by atoms with Crippen LogP contribution < -0.4 is 0 Å². The molecule has 0 saturated carbocycles. The minimum absolute atomic E-state index is 0.0289. The fourth-order valence-corrected chi connectivity index (χ4v) is 0.449. The standard InChI is InChI=1S/C8H13NO/c1-5-7(2)6-9(4)8(3)10/h5-6H,1H2,2-4H3/b7-6-. The van der Waals surface area contributed by atoms with Gasteiger partial charge in [-0.1, -0.05) is 12.7 Å². The van der Waals surface area contributed by atoms with Crippen LogP contribution in [0.15, 0.2) is 24.4 Å². The number of amides is 1. The monoisotopic (exact) mass is 139 g/mol. The van der Waals surface area contributed by atoms with Crippen LogP contribution in [0.25, 0.3) is 0 Å². The van der Waals surface area contributed by atoms with Gasteiger partial charge in [-0.3, -0.25) is 4.79 Å². The maximum Gasteiger partial charge on any atom is 0.223 e. The van der Waals surface area contributed by atoms with Crippen LogP contribution in [0.5, 0.6) is 0 Å². The molecular formula is C8H13NO. The fraction of sp³-hybridized carbons (Fsp3) is 0.375. The van der Waals surface area contributed by atoms with Crippen LogP contribution in [0, 0.1) is 0 Å². The Kier molecular flexibility index (Phi) is 3.47. The van der Waals surface area contributed by atoms with Gasteiger partial charge < -0.3 is 4.90 Å². The van der Waals surface area contributed by atoms with Crippen molar-refractivity contribution < 1.29 is 4.79 Å². The topological polar surface area (TPSA) is 20.3 Å². The van der Waals surface area contributed by atoms with Gasteiger partial charge in [0.25, 0.3) is 0 Å². The van der Waals surface area contributed by atoms with Crippen molar-refractivity contribution in [3.8, 4) is 0 Å². The molecule has 2 nitrogen and oxygen atoms in total. The van der Waals surface area contributed by atoms with Gasteiger partial charge in [-0.2, -0.15) is 0 Å². The van der Waals surface area contributed by atoms with Gasteiger partial charge in [-0.05, 0) is 12.5 Å². The summed E-state index contributed by atoms with van der Waals surface area (Å²) in [5, 5.41) is 0. The number of carbonyl (C=O) groups is 1. The van der Waals surface area contributed by atoms with E-state index < -0.39 is 0 Å². The molecule has 0 heterocycles. The summed E-state index contributed by atoms with van der Waals surface area (Å²) in [4.78, 5) is 12.2. The minimum atomic E-state index is 0.0289. The first-order chi connectivity index (χ1) is 4.57. The molecule has 0 spiro atoms. The molecule has 0 aromatic carbocycles. The number of rotatable bonds is 2. The lowest BCUT2D eigenvalue weighted by atomic mass is 10.3. The summed E-state index contributed by atoms with van der Waals surface area (Å²) in [5.74, 6) is 0.0289. The van der Waals surface area contributed by atoms with Crippen LogP contribution in [0.1, 0.15) is 13.8 Å². The Morgan fingerprint density at radius 3 is 2.30 bits per heavy atom. The van der Waals surface area contributed by atoms with E-state index in [9.17, 15) is 4.79 Å². The predicted molar refractivity (Wildman–Crippen MR) is 42.4 cm³/mol. The van der Waals surface area contributed by atoms with E-state index >= 15 is 0 Å². The molecular weight excluding hydrogens is 126 g/mol. The number of hydrogen-bond donors (Lipinski definition) is 0. The summed E-state index contributed by atoms with van der Waals surface area (Å²) in [7, 11) is 1.72. The molecule has 0 bridgehead atoms. The van der Waals surface area contributed by atoms with Crippen molar-refractivity contribution in [1.82, 2.24) is 4.90 Å². The second-order valence-corrected chi connectivity index (χ2v) is 2.21. The highest BCUT2D eigenvalue weighted by Crippen LogP contribution is 1.95. The van der Waals surface area contributed by atoms with Crippen LogP contribution in [0.4, 0.5) is 0 Å². The van der Waals surface area contributed by atoms with E-state index in [1.807, 2.05) is 6.92 Å². The lowest BCUT2D eigenvalue weighted by Gasteiger charge is -2.08. The minimum Gasteiger partial charge on any atom is -0.322 e. The molecule has 0 aromatic heterocycles. The van der Waals surface area contributed by atoms with Gasteiger partial charge >= 0.3 is 0 Å². The van der Waals surface area contributed by atoms with E-state index in [-0.39, 0.29) is 5.91 Å². The fourth-order valence-electron chi connectivity index (χ4n) is 0.449. The number of allylic oxidation sites excluding steroid dienone is 2. The second-order valence-electron chi connectivity index (χ2n) is 2.21. The maximum atomic E-state index is 10.6. The molecule has 0 aromatic rings. The molecule has 2 heteroatoms. The highest BCUT2D eigenvalue weighted by Gasteiger charge is 1.95. The molecule has 0 saturated heterocycles. The van der Waals surface area contributed by atoms with E-state index in [4.69, 9.17) is 0 Å². The van der Waals surface area contributed by atoms with E-state index in [0.29, 0.717) is 0 Å². The van der Waals surface area contributed by atoms with Gasteiger partial charge in [-0.15, -0.1) is 0 Å². The summed E-state index contributed by atoms with van der Waals surface area (Å²) in [6, 6.07) is 0. The average Bonchev–Trinajstić information content (AvgIpc) is 1.87. The average molecular weight is 139 g/mol. The highest BCUT2D eigenvalue weighted by molar-refractivity contribution is 5.74. The normalized spacial score (nSPS) is 10.9. The summed E-state index contributed by atoms with van der Waals surface area (Å²) < 4.78 is 0. The molecule has 0 unspecified atom stereocenters. The largest absolute Gasteiger partial charge is 0.322 e. The molecule has 56 valence electrons. The van der Waals surface area contributed by atoms with Crippen molar-refractivity contribution in [2.24, 2.45) is 0 Å². The molecule has 0 aliphatic rings. The van der Waals surface area contributed by atoms with E-state index in [2.05, 4.69) is 6.58 Å². The van der Waals surface area contributed by atoms with Crippen molar-refractivity contribution in [2.75, 3.05) is 7.05 Å². The number of carbonyl (C=O) groups excluding carboxylic acids is 1. The molecule has 1 amide bonds. The van der Waals surface area contributed by atoms with Gasteiger partial charge in [0.2, 0.25) is 5.91 Å². The van der Waals surface area contributed by atoms with E-state index in [1.165, 1.54) is 11.8 Å². The molecule has 0 aliphatic heterocycles. The van der Waals surface area contributed by atoms with Gasteiger partial charge in [0.1, 0.15) is 0 Å². The third-order valence-corrected chi connectivity index (χ3v) is 1.22. The Morgan fingerprint density at radius 1 is 1.50 bits per heavy atom. The van der Waals surface area contributed by atoms with Crippen molar-refractivity contribution in [1.29, 1.82) is 0 Å². The SMILES string of the molecule is C=C/C(C)=C\N(C)C(C)=O. The molecule has 0 atom stereocenters. The first kappa shape index (κ1) is 8.95. The van der Waals surface area contributed by atoms with Crippen LogP contribution in [-0.4, -0.2) is 17.9 Å². The van der Waals surface area contributed by atoms with Crippen LogP contribution in [0.2, 0.25) is 0 Å². The quantitative estimate of drug-likeness (QED) is 0.531. The molecule has 0 radical (unpaired) electrons. The van der Waals surface area contributed by atoms with Gasteiger partial charge in [0.05, 0.1) is 0 Å². The molecule has 10 heavy (non-hydrogen) atoms. The van der Waals surface area contributed by atoms with Gasteiger partial charge in [0.15, 0.2) is 0 Å². The zero-order valence-electron chi connectivity index (χ0n) is 6.72. The zero-order valence-corrected chi connectivity index (χ0v) is 6.72. The van der Waals surface area contributed by atoms with Crippen LogP contribution in [-0.2, 0) is 4.79 Å². The van der Waals surface area contributed by atoms with Crippen molar-refractivity contribution in [2.45, 2.75) is 13.8 Å². The lowest BCUT2D eigenvalue weighted by Crippen LogP contribution is -2.16. The third-order valence-electron chi connectivity index (χ3n) is 1.22. The Morgan fingerprint density at radius 2 is 2.00 bits per heavy atom. The molecule has 0 rings (SSSR count).